The fourth-order valence-corrected chi connectivity index (χ4v) is 5.01. The van der Waals surface area contributed by atoms with Crippen molar-refractivity contribution in [3.8, 4) is 0 Å². The second-order valence-electron chi connectivity index (χ2n) is 6.82. The number of rotatable bonds is 7. The molecular weight excluding hydrogens is 414 g/mol. The third-order valence-corrected chi connectivity index (χ3v) is 6.61. The van der Waals surface area contributed by atoms with Gasteiger partial charge in [0.1, 0.15) is 18.8 Å². The van der Waals surface area contributed by atoms with Gasteiger partial charge in [0.2, 0.25) is 0 Å². The van der Waals surface area contributed by atoms with Gasteiger partial charge in [-0.25, -0.2) is 4.79 Å². The van der Waals surface area contributed by atoms with Gasteiger partial charge in [0.05, 0.1) is 12.2 Å². The first kappa shape index (κ1) is 22.4. The molecule has 0 aliphatic carbocycles. The summed E-state index contributed by atoms with van der Waals surface area (Å²) in [6.07, 6.45) is -4.08. The molecule has 158 valence electrons. The zero-order valence-electron chi connectivity index (χ0n) is 15.9. The van der Waals surface area contributed by atoms with Crippen LogP contribution in [0.25, 0.3) is 10.8 Å². The molecule has 0 radical (unpaired) electrons. The maximum Gasteiger partial charge on any atom is 0.335 e. The number of ether oxygens (including phenoxy) is 2. The molecule has 0 bridgehead atoms. The largest absolute Gasteiger partial charge is 0.459 e. The van der Waals surface area contributed by atoms with Gasteiger partial charge in [-0.2, -0.15) is 0 Å². The summed E-state index contributed by atoms with van der Waals surface area (Å²) in [4.78, 5) is 13.6. The maximum atomic E-state index is 12.6. The Labute approximate surface area is 177 Å². The van der Waals surface area contributed by atoms with Crippen molar-refractivity contribution in [3.63, 3.8) is 0 Å². The van der Waals surface area contributed by atoms with E-state index in [1.165, 1.54) is 0 Å². The first-order chi connectivity index (χ1) is 14.0. The fourth-order valence-electron chi connectivity index (χ4n) is 3.41. The third kappa shape index (κ3) is 5.05. The average Bonchev–Trinajstić information content (AvgIpc) is 2.73. The third-order valence-electron chi connectivity index (χ3n) is 4.89. The van der Waals surface area contributed by atoms with Gasteiger partial charge in [0.25, 0.3) is 0 Å². The quantitative estimate of drug-likeness (QED) is 0.375. The smallest absolute Gasteiger partial charge is 0.335 e. The zero-order valence-corrected chi connectivity index (χ0v) is 17.6. The topological polar surface area (TPSA) is 122 Å². The molecule has 1 aliphatic rings. The highest BCUT2D eigenvalue weighted by Gasteiger charge is 2.43. The number of esters is 1. The molecule has 5 atom stereocenters. The van der Waals surface area contributed by atoms with Gasteiger partial charge in [-0.05, 0) is 23.3 Å². The number of nitrogens with two attached hydrogens (primary N) is 1. The normalized spacial score (nSPS) is 25.7. The SMILES string of the molecule is CSSc1cccc2cccc(COC(=O)[C@@H]3C[C@@H](O)[C@@H](O)C([C@H](O)CN)O3)c12. The van der Waals surface area contributed by atoms with Crippen LogP contribution in [0, 0.1) is 0 Å². The first-order valence-corrected chi connectivity index (χ1v) is 11.8. The van der Waals surface area contributed by atoms with Crippen LogP contribution in [0.2, 0.25) is 0 Å². The molecule has 1 heterocycles. The minimum atomic E-state index is -1.32. The second-order valence-corrected chi connectivity index (χ2v) is 9.25. The van der Waals surface area contributed by atoms with E-state index < -0.39 is 36.5 Å². The molecule has 0 amide bonds. The number of aliphatic hydroxyl groups is 3. The minimum Gasteiger partial charge on any atom is -0.459 e. The van der Waals surface area contributed by atoms with E-state index in [9.17, 15) is 20.1 Å². The van der Waals surface area contributed by atoms with E-state index >= 15 is 0 Å². The molecule has 7 nitrogen and oxygen atoms in total. The van der Waals surface area contributed by atoms with E-state index in [-0.39, 0.29) is 19.6 Å². The van der Waals surface area contributed by atoms with Crippen LogP contribution in [0.3, 0.4) is 0 Å². The Morgan fingerprint density at radius 1 is 1.31 bits per heavy atom. The Hall–Kier alpha value is -1.33. The van der Waals surface area contributed by atoms with Crippen LogP contribution in [0.4, 0.5) is 0 Å². The van der Waals surface area contributed by atoms with Crippen LogP contribution in [-0.2, 0) is 20.9 Å². The van der Waals surface area contributed by atoms with E-state index in [2.05, 4.69) is 0 Å². The van der Waals surface area contributed by atoms with Gasteiger partial charge in [0.15, 0.2) is 6.10 Å². The summed E-state index contributed by atoms with van der Waals surface area (Å²) in [5.74, 6) is -0.655. The lowest BCUT2D eigenvalue weighted by atomic mass is 9.94. The standard InChI is InChI=1S/C20H25NO6S2/c1-28-29-16-7-3-5-11-4-2-6-12(17(11)16)10-26-20(25)15-8-13(22)18(24)19(27-15)14(23)9-21/h2-7,13-15,18-19,22-24H,8-10,21H2,1H3/t13-,14-,15+,18-,19?/m1/s1. The molecule has 29 heavy (non-hydrogen) atoms. The van der Waals surface area contributed by atoms with Crippen LogP contribution < -0.4 is 5.73 Å². The van der Waals surface area contributed by atoms with E-state index in [1.807, 2.05) is 42.7 Å². The van der Waals surface area contributed by atoms with Crippen LogP contribution in [0.15, 0.2) is 41.3 Å². The number of fused-ring (bicyclic) bond motifs is 1. The van der Waals surface area contributed by atoms with Crippen molar-refractivity contribution in [2.45, 2.75) is 48.4 Å². The Morgan fingerprint density at radius 3 is 2.72 bits per heavy atom. The summed E-state index contributed by atoms with van der Waals surface area (Å²) in [5, 5.41) is 32.0. The Kier molecular flexibility index (Phi) is 7.80. The van der Waals surface area contributed by atoms with Gasteiger partial charge in [-0.1, -0.05) is 51.9 Å². The summed E-state index contributed by atoms with van der Waals surface area (Å²) < 4.78 is 11.0. The maximum absolute atomic E-state index is 12.6. The van der Waals surface area contributed by atoms with Gasteiger partial charge >= 0.3 is 5.97 Å². The number of hydrogen-bond acceptors (Lipinski definition) is 9. The average molecular weight is 440 g/mol. The lowest BCUT2D eigenvalue weighted by Gasteiger charge is -2.38. The van der Waals surface area contributed by atoms with Crippen molar-refractivity contribution in [1.82, 2.24) is 0 Å². The highest BCUT2D eigenvalue weighted by Crippen LogP contribution is 2.36. The van der Waals surface area contributed by atoms with Crippen molar-refractivity contribution < 1.29 is 29.6 Å². The summed E-state index contributed by atoms with van der Waals surface area (Å²) in [7, 11) is 3.27. The Balaban J connectivity index is 1.74. The molecule has 1 unspecified atom stereocenters. The Bertz CT molecular complexity index is 846. The van der Waals surface area contributed by atoms with Crippen molar-refractivity contribution in [1.29, 1.82) is 0 Å². The van der Waals surface area contributed by atoms with E-state index in [1.54, 1.807) is 21.6 Å². The first-order valence-electron chi connectivity index (χ1n) is 9.24. The molecule has 0 aromatic heterocycles. The monoisotopic (exact) mass is 439 g/mol. The molecule has 1 saturated heterocycles. The molecule has 0 spiro atoms. The highest BCUT2D eigenvalue weighted by molar-refractivity contribution is 8.76. The zero-order chi connectivity index (χ0) is 21.0. The molecule has 0 saturated carbocycles. The molecule has 5 N–H and O–H groups in total. The van der Waals surface area contributed by atoms with Gasteiger partial charge < -0.3 is 30.5 Å². The lowest BCUT2D eigenvalue weighted by molar-refractivity contribution is -0.211. The number of hydrogen-bond donors (Lipinski definition) is 4. The van der Waals surface area contributed by atoms with Crippen molar-refractivity contribution in [3.05, 3.63) is 42.0 Å². The Morgan fingerprint density at radius 2 is 2.03 bits per heavy atom. The molecule has 1 aliphatic heterocycles. The molecule has 1 fully saturated rings. The molecule has 2 aromatic rings. The summed E-state index contributed by atoms with van der Waals surface area (Å²) in [6, 6.07) is 11.8. The van der Waals surface area contributed by atoms with Gasteiger partial charge in [0, 0.05) is 23.2 Å². The number of aliphatic hydroxyl groups excluding tert-OH is 3. The van der Waals surface area contributed by atoms with Crippen molar-refractivity contribution in [2.24, 2.45) is 5.73 Å². The van der Waals surface area contributed by atoms with Crippen molar-refractivity contribution >= 4 is 38.3 Å². The van der Waals surface area contributed by atoms with Crippen LogP contribution >= 0.6 is 21.6 Å². The van der Waals surface area contributed by atoms with Crippen molar-refractivity contribution in [2.75, 3.05) is 12.8 Å². The van der Waals surface area contributed by atoms with Crippen LogP contribution in [0.5, 0.6) is 0 Å². The molecular formula is C20H25NO6S2. The lowest BCUT2D eigenvalue weighted by Crippen LogP contribution is -2.56. The van der Waals surface area contributed by atoms with Gasteiger partial charge in [-0.3, -0.25) is 0 Å². The fraction of sp³-hybridized carbons (Fsp3) is 0.450. The summed E-state index contributed by atoms with van der Waals surface area (Å²) in [5.41, 5.74) is 6.28. The van der Waals surface area contributed by atoms with Crippen LogP contribution in [0.1, 0.15) is 12.0 Å². The van der Waals surface area contributed by atoms with E-state index in [0.29, 0.717) is 0 Å². The number of carbonyl (C=O) groups is 1. The predicted molar refractivity (Wildman–Crippen MR) is 113 cm³/mol. The summed E-state index contributed by atoms with van der Waals surface area (Å²) >= 11 is 0. The minimum absolute atomic E-state index is 0.0464. The highest BCUT2D eigenvalue weighted by atomic mass is 33.1. The number of benzene rings is 2. The second kappa shape index (κ2) is 10.1. The van der Waals surface area contributed by atoms with Gasteiger partial charge in [-0.15, -0.1) is 0 Å². The number of carbonyl (C=O) groups excluding carboxylic acids is 1. The summed E-state index contributed by atoms with van der Waals surface area (Å²) in [6.45, 7) is -0.118. The molecule has 9 heteroatoms. The van der Waals surface area contributed by atoms with Crippen LogP contribution in [-0.4, -0.2) is 64.6 Å². The van der Waals surface area contributed by atoms with E-state index in [4.69, 9.17) is 15.2 Å². The predicted octanol–water partition coefficient (Wildman–Crippen LogP) is 1.45. The van der Waals surface area contributed by atoms with E-state index in [0.717, 1.165) is 21.2 Å². The molecule has 2 aromatic carbocycles. The molecule has 3 rings (SSSR count).